The van der Waals surface area contributed by atoms with Gasteiger partial charge in [0, 0.05) is 28.3 Å². The summed E-state index contributed by atoms with van der Waals surface area (Å²) in [5.41, 5.74) is 2.38. The molecule has 2 aliphatic heterocycles. The average molecular weight is 512 g/mol. The number of anilines is 1. The number of carbonyl (C=O) groups excluding carboxylic acids is 3. The third kappa shape index (κ3) is 3.10. The number of fused-ring (bicyclic) bond motifs is 5. The van der Waals surface area contributed by atoms with Gasteiger partial charge in [-0.25, -0.2) is 0 Å². The lowest BCUT2D eigenvalue weighted by molar-refractivity contribution is 0.0666. The lowest BCUT2D eigenvalue weighted by Gasteiger charge is -2.37. The lowest BCUT2D eigenvalue weighted by atomic mass is 9.64. The topological polar surface area (TPSA) is 63.7 Å². The molecule has 5 nitrogen and oxygen atoms in total. The fourth-order valence-corrected chi connectivity index (χ4v) is 6.90. The van der Waals surface area contributed by atoms with Gasteiger partial charge < -0.3 is 9.64 Å². The number of methoxy groups -OCH3 is 1. The first-order valence-electron chi connectivity index (χ1n) is 13.0. The van der Waals surface area contributed by atoms with Crippen molar-refractivity contribution in [2.45, 2.75) is 18.0 Å². The molecule has 4 aromatic rings. The fraction of sp³-hybridized carbons (Fsp3) is 0.147. The second kappa shape index (κ2) is 8.63. The van der Waals surface area contributed by atoms with Crippen LogP contribution in [0.2, 0.25) is 0 Å². The molecule has 0 aromatic heterocycles. The number of ether oxygens (including phenoxy) is 1. The van der Waals surface area contributed by atoms with Gasteiger partial charge in [0.2, 0.25) is 0 Å². The van der Waals surface area contributed by atoms with Gasteiger partial charge in [0.25, 0.3) is 0 Å². The number of para-hydroxylation sites is 1. The molecule has 190 valence electrons. The largest absolute Gasteiger partial charge is 0.497 e. The molecule has 1 fully saturated rings. The summed E-state index contributed by atoms with van der Waals surface area (Å²) in [7, 11) is 1.57. The van der Waals surface area contributed by atoms with Crippen molar-refractivity contribution in [3.63, 3.8) is 0 Å². The minimum absolute atomic E-state index is 0.161. The van der Waals surface area contributed by atoms with Gasteiger partial charge in [0.15, 0.2) is 17.3 Å². The van der Waals surface area contributed by atoms with Crippen molar-refractivity contribution in [1.82, 2.24) is 0 Å². The predicted molar refractivity (Wildman–Crippen MR) is 150 cm³/mol. The Hall–Kier alpha value is -4.77. The van der Waals surface area contributed by atoms with E-state index in [9.17, 15) is 14.4 Å². The van der Waals surface area contributed by atoms with Gasteiger partial charge >= 0.3 is 0 Å². The van der Waals surface area contributed by atoms with Crippen LogP contribution in [0, 0.1) is 5.41 Å². The van der Waals surface area contributed by atoms with Gasteiger partial charge in [0.05, 0.1) is 13.2 Å². The van der Waals surface area contributed by atoms with Gasteiger partial charge in [-0.3, -0.25) is 14.4 Å². The Morgan fingerprint density at radius 3 is 2.18 bits per heavy atom. The smallest absolute Gasteiger partial charge is 0.186 e. The van der Waals surface area contributed by atoms with Crippen molar-refractivity contribution < 1.29 is 19.1 Å². The van der Waals surface area contributed by atoms with E-state index < -0.39 is 23.4 Å². The van der Waals surface area contributed by atoms with E-state index in [-0.39, 0.29) is 17.3 Å². The van der Waals surface area contributed by atoms with Crippen molar-refractivity contribution in [2.75, 3.05) is 12.0 Å². The molecule has 3 aliphatic rings. The Bertz CT molecular complexity index is 1650. The molecule has 5 heteroatoms. The Balaban J connectivity index is 1.54. The zero-order valence-electron chi connectivity index (χ0n) is 21.3. The highest BCUT2D eigenvalue weighted by atomic mass is 16.5. The molecule has 0 bridgehead atoms. The molecule has 4 aromatic carbocycles. The molecule has 1 aliphatic carbocycles. The lowest BCUT2D eigenvalue weighted by Crippen LogP contribution is -2.48. The maximum absolute atomic E-state index is 14.6. The number of carbonyl (C=O) groups is 3. The molecule has 0 N–H and O–H groups in total. The van der Waals surface area contributed by atoms with Gasteiger partial charge in [-0.1, -0.05) is 97.1 Å². The quantitative estimate of drug-likeness (QED) is 0.248. The van der Waals surface area contributed by atoms with Gasteiger partial charge in [0.1, 0.15) is 17.2 Å². The van der Waals surface area contributed by atoms with E-state index in [1.807, 2.05) is 71.6 Å². The molecule has 3 atom stereocenters. The van der Waals surface area contributed by atoms with Crippen LogP contribution < -0.4 is 9.64 Å². The third-order valence-corrected chi connectivity index (χ3v) is 8.49. The van der Waals surface area contributed by atoms with Crippen molar-refractivity contribution >= 4 is 29.1 Å². The average Bonchev–Trinajstić information content (AvgIpc) is 3.43. The summed E-state index contributed by atoms with van der Waals surface area (Å²) >= 11 is 0. The second-order valence-electron chi connectivity index (χ2n) is 10.3. The summed E-state index contributed by atoms with van der Waals surface area (Å²) in [4.78, 5) is 45.8. The second-order valence-corrected chi connectivity index (χ2v) is 10.3. The zero-order valence-corrected chi connectivity index (χ0v) is 21.3. The Kier molecular flexibility index (Phi) is 5.17. The van der Waals surface area contributed by atoms with Crippen LogP contribution in [0.4, 0.5) is 5.69 Å². The highest BCUT2D eigenvalue weighted by molar-refractivity contribution is 6.32. The summed E-state index contributed by atoms with van der Waals surface area (Å²) < 4.78 is 5.43. The van der Waals surface area contributed by atoms with E-state index in [0.29, 0.717) is 22.4 Å². The SMILES string of the molecule is COc1cccc(C(=O)C2C(c3ccccc3)C3(C(=O)c4ccccc4C3=O)C3C=Cc4ccccc4N23)c1. The Morgan fingerprint density at radius 1 is 0.795 bits per heavy atom. The van der Waals surface area contributed by atoms with Crippen molar-refractivity contribution in [3.8, 4) is 5.75 Å². The highest BCUT2D eigenvalue weighted by Gasteiger charge is 2.71. The van der Waals surface area contributed by atoms with Gasteiger partial charge in [-0.15, -0.1) is 0 Å². The molecule has 1 saturated heterocycles. The molecule has 0 saturated carbocycles. The zero-order chi connectivity index (χ0) is 26.7. The number of Topliss-reactive ketones (excluding diaryl/α,β-unsaturated/α-hetero) is 3. The van der Waals surface area contributed by atoms with Crippen LogP contribution in [0.1, 0.15) is 48.1 Å². The molecular weight excluding hydrogens is 486 g/mol. The fourth-order valence-electron chi connectivity index (χ4n) is 6.90. The summed E-state index contributed by atoms with van der Waals surface area (Å²) in [6.07, 6.45) is 3.92. The van der Waals surface area contributed by atoms with Crippen LogP contribution in [0.5, 0.6) is 5.75 Å². The Morgan fingerprint density at radius 2 is 1.46 bits per heavy atom. The molecular formula is C34H25NO4. The van der Waals surface area contributed by atoms with Gasteiger partial charge in [-0.2, -0.15) is 0 Å². The summed E-state index contributed by atoms with van der Waals surface area (Å²) in [6.45, 7) is 0. The highest BCUT2D eigenvalue weighted by Crippen LogP contribution is 2.60. The maximum Gasteiger partial charge on any atom is 0.186 e. The predicted octanol–water partition coefficient (Wildman–Crippen LogP) is 6.01. The molecule has 7 rings (SSSR count). The molecule has 2 heterocycles. The monoisotopic (exact) mass is 511 g/mol. The Labute approximate surface area is 226 Å². The first kappa shape index (κ1) is 23.4. The number of rotatable bonds is 4. The van der Waals surface area contributed by atoms with Crippen LogP contribution in [0.25, 0.3) is 6.08 Å². The number of nitrogens with zero attached hydrogens (tertiary/aromatic N) is 1. The first-order valence-corrected chi connectivity index (χ1v) is 13.0. The van der Waals surface area contributed by atoms with Crippen LogP contribution in [-0.2, 0) is 0 Å². The molecule has 0 amide bonds. The summed E-state index contributed by atoms with van der Waals surface area (Å²) in [5, 5.41) is 0. The minimum atomic E-state index is -1.49. The van der Waals surface area contributed by atoms with E-state index in [0.717, 1.165) is 16.8 Å². The van der Waals surface area contributed by atoms with E-state index in [2.05, 4.69) is 0 Å². The van der Waals surface area contributed by atoms with Crippen LogP contribution >= 0.6 is 0 Å². The van der Waals surface area contributed by atoms with E-state index >= 15 is 0 Å². The number of ketones is 3. The van der Waals surface area contributed by atoms with E-state index in [4.69, 9.17) is 4.74 Å². The first-order chi connectivity index (χ1) is 19.1. The van der Waals surface area contributed by atoms with Crippen molar-refractivity contribution in [3.05, 3.63) is 137 Å². The van der Waals surface area contributed by atoms with Crippen LogP contribution in [0.15, 0.2) is 109 Å². The number of hydrogen-bond acceptors (Lipinski definition) is 5. The van der Waals surface area contributed by atoms with Crippen molar-refractivity contribution in [2.24, 2.45) is 5.41 Å². The maximum atomic E-state index is 14.6. The van der Waals surface area contributed by atoms with Crippen molar-refractivity contribution in [1.29, 1.82) is 0 Å². The normalized spacial score (nSPS) is 22.0. The summed E-state index contributed by atoms with van der Waals surface area (Å²) in [5.74, 6) is -0.758. The minimum Gasteiger partial charge on any atom is -0.497 e. The van der Waals surface area contributed by atoms with Gasteiger partial charge in [-0.05, 0) is 29.3 Å². The summed E-state index contributed by atoms with van der Waals surface area (Å²) in [6, 6.07) is 30.1. The molecule has 0 radical (unpaired) electrons. The van der Waals surface area contributed by atoms with Crippen LogP contribution in [0.3, 0.4) is 0 Å². The third-order valence-electron chi connectivity index (χ3n) is 8.49. The number of benzene rings is 4. The van der Waals surface area contributed by atoms with E-state index in [1.54, 1.807) is 55.6 Å². The molecule has 1 spiro atoms. The van der Waals surface area contributed by atoms with Crippen LogP contribution in [-0.4, -0.2) is 36.5 Å². The molecule has 3 unspecified atom stereocenters. The number of hydrogen-bond donors (Lipinski definition) is 0. The molecule has 39 heavy (non-hydrogen) atoms. The standard InChI is InChI=1S/C34H25NO4/c1-39-24-14-9-13-23(20-24)31(36)30-29(22-11-3-2-4-12-22)34(32(37)25-15-6-7-16-26(25)33(34)38)28-19-18-21-10-5-8-17-27(21)35(28)30/h2-20,28-30H,1H3. The van der Waals surface area contributed by atoms with E-state index in [1.165, 1.54) is 0 Å².